The summed E-state index contributed by atoms with van der Waals surface area (Å²) in [6, 6.07) is 6.12. The van der Waals surface area contributed by atoms with Crippen molar-refractivity contribution in [3.8, 4) is 0 Å². The molecule has 4 N–H and O–H groups in total. The highest BCUT2D eigenvalue weighted by atomic mass is 19.1. The number of hydrogen-bond acceptors (Lipinski definition) is 3. The number of nitrogen functional groups attached to an aromatic ring is 1. The molecule has 0 spiro atoms. The van der Waals surface area contributed by atoms with E-state index < -0.39 is 23.5 Å². The van der Waals surface area contributed by atoms with Gasteiger partial charge in [0.1, 0.15) is 11.6 Å². The molecule has 0 bridgehead atoms. The number of nitrogens with one attached hydrogen (secondary N) is 1. The molecule has 2 aromatic rings. The van der Waals surface area contributed by atoms with Crippen molar-refractivity contribution in [2.45, 2.75) is 0 Å². The zero-order valence-corrected chi connectivity index (χ0v) is 10.6. The van der Waals surface area contributed by atoms with Crippen LogP contribution < -0.4 is 11.1 Å². The molecule has 0 aliphatic carbocycles. The van der Waals surface area contributed by atoms with Crippen LogP contribution in [0.3, 0.4) is 0 Å². The SMILES string of the molecule is Nc1cc(F)ccc1C(=O)Nc1cc(C(=O)O)ccc1F. The topological polar surface area (TPSA) is 92.4 Å². The predicted octanol–water partition coefficient (Wildman–Crippen LogP) is 2.50. The number of carboxylic acid groups (broad SMARTS) is 1. The third-order valence-electron chi connectivity index (χ3n) is 2.72. The van der Waals surface area contributed by atoms with Gasteiger partial charge in [-0.1, -0.05) is 0 Å². The molecule has 108 valence electrons. The molecule has 2 rings (SSSR count). The summed E-state index contributed by atoms with van der Waals surface area (Å²) >= 11 is 0. The Balaban J connectivity index is 2.31. The molecule has 2 aromatic carbocycles. The number of amides is 1. The van der Waals surface area contributed by atoms with Crippen LogP contribution >= 0.6 is 0 Å². The van der Waals surface area contributed by atoms with E-state index >= 15 is 0 Å². The quantitative estimate of drug-likeness (QED) is 0.758. The third kappa shape index (κ3) is 3.14. The molecule has 0 atom stereocenters. The van der Waals surface area contributed by atoms with Gasteiger partial charge < -0.3 is 16.2 Å². The fourth-order valence-electron chi connectivity index (χ4n) is 1.68. The Kier molecular flexibility index (Phi) is 3.84. The van der Waals surface area contributed by atoms with Gasteiger partial charge in [-0.25, -0.2) is 13.6 Å². The molecule has 0 fully saturated rings. The van der Waals surface area contributed by atoms with Gasteiger partial charge in [0, 0.05) is 5.69 Å². The minimum absolute atomic E-state index is 0.0449. The molecule has 0 aliphatic rings. The number of hydrogen-bond donors (Lipinski definition) is 3. The van der Waals surface area contributed by atoms with E-state index in [2.05, 4.69) is 5.32 Å². The highest BCUT2D eigenvalue weighted by molar-refractivity contribution is 6.08. The Labute approximate surface area is 118 Å². The maximum absolute atomic E-state index is 13.6. The molecule has 0 saturated heterocycles. The normalized spacial score (nSPS) is 10.2. The molecule has 1 amide bonds. The molecule has 21 heavy (non-hydrogen) atoms. The van der Waals surface area contributed by atoms with Crippen LogP contribution in [0.15, 0.2) is 36.4 Å². The van der Waals surface area contributed by atoms with Crippen molar-refractivity contribution >= 4 is 23.3 Å². The molecule has 0 unspecified atom stereocenters. The van der Waals surface area contributed by atoms with Crippen LogP contribution in [0.25, 0.3) is 0 Å². The zero-order valence-electron chi connectivity index (χ0n) is 10.6. The number of anilines is 2. The summed E-state index contributed by atoms with van der Waals surface area (Å²) in [6.45, 7) is 0. The number of carbonyl (C=O) groups excluding carboxylic acids is 1. The number of rotatable bonds is 3. The second-order valence-corrected chi connectivity index (χ2v) is 4.19. The Bertz CT molecular complexity index is 732. The van der Waals surface area contributed by atoms with Crippen LogP contribution in [0, 0.1) is 11.6 Å². The number of carbonyl (C=O) groups is 2. The Morgan fingerprint density at radius 2 is 1.81 bits per heavy atom. The first kappa shape index (κ1) is 14.4. The van der Waals surface area contributed by atoms with Crippen LogP contribution in [0.2, 0.25) is 0 Å². The maximum Gasteiger partial charge on any atom is 0.335 e. The van der Waals surface area contributed by atoms with Gasteiger partial charge in [-0.2, -0.15) is 0 Å². The smallest absolute Gasteiger partial charge is 0.335 e. The lowest BCUT2D eigenvalue weighted by atomic mass is 10.1. The van der Waals surface area contributed by atoms with Crippen LogP contribution in [0.1, 0.15) is 20.7 Å². The van der Waals surface area contributed by atoms with Crippen LogP contribution in [0.5, 0.6) is 0 Å². The van der Waals surface area contributed by atoms with Gasteiger partial charge in [0.15, 0.2) is 0 Å². The lowest BCUT2D eigenvalue weighted by molar-refractivity contribution is 0.0696. The fraction of sp³-hybridized carbons (Fsp3) is 0. The average molecular weight is 292 g/mol. The van der Waals surface area contributed by atoms with Crippen molar-refractivity contribution in [3.05, 3.63) is 59.2 Å². The van der Waals surface area contributed by atoms with Crippen LogP contribution in [0.4, 0.5) is 20.2 Å². The first-order valence-electron chi connectivity index (χ1n) is 5.77. The Morgan fingerprint density at radius 1 is 1.10 bits per heavy atom. The largest absolute Gasteiger partial charge is 0.478 e. The lowest BCUT2D eigenvalue weighted by Gasteiger charge is -2.09. The molecule has 0 saturated carbocycles. The average Bonchev–Trinajstić information content (AvgIpc) is 2.40. The summed E-state index contributed by atoms with van der Waals surface area (Å²) in [7, 11) is 0. The van der Waals surface area contributed by atoms with Crippen molar-refractivity contribution in [1.29, 1.82) is 0 Å². The van der Waals surface area contributed by atoms with Gasteiger partial charge >= 0.3 is 5.97 Å². The molecular formula is C14H10F2N2O3. The summed E-state index contributed by atoms with van der Waals surface area (Å²) in [6.07, 6.45) is 0. The summed E-state index contributed by atoms with van der Waals surface area (Å²) in [5, 5.41) is 11.0. The third-order valence-corrected chi connectivity index (χ3v) is 2.72. The molecule has 0 heterocycles. The van der Waals surface area contributed by atoms with Crippen LogP contribution in [-0.4, -0.2) is 17.0 Å². The second kappa shape index (κ2) is 5.58. The highest BCUT2D eigenvalue weighted by Crippen LogP contribution is 2.19. The summed E-state index contributed by atoms with van der Waals surface area (Å²) < 4.78 is 26.5. The van der Waals surface area contributed by atoms with E-state index in [1.807, 2.05) is 0 Å². The van der Waals surface area contributed by atoms with Gasteiger partial charge in [-0.3, -0.25) is 4.79 Å². The van der Waals surface area contributed by atoms with Gasteiger partial charge in [-0.05, 0) is 36.4 Å². The molecule has 0 radical (unpaired) electrons. The lowest BCUT2D eigenvalue weighted by Crippen LogP contribution is -2.15. The van der Waals surface area contributed by atoms with E-state index in [1.165, 1.54) is 0 Å². The van der Waals surface area contributed by atoms with E-state index in [9.17, 15) is 18.4 Å². The molecule has 0 aromatic heterocycles. The standard InChI is InChI=1S/C14H10F2N2O3/c15-8-2-3-9(11(17)6-8)13(19)18-12-5-7(14(20)21)1-4-10(12)16/h1-6H,17H2,(H,18,19)(H,20,21). The van der Waals surface area contributed by atoms with E-state index in [0.717, 1.165) is 36.4 Å². The summed E-state index contributed by atoms with van der Waals surface area (Å²) in [5.74, 6) is -3.43. The first-order valence-corrected chi connectivity index (χ1v) is 5.77. The number of nitrogens with two attached hydrogens (primary N) is 1. The number of halogens is 2. The van der Waals surface area contributed by atoms with Gasteiger partial charge in [0.25, 0.3) is 5.91 Å². The Morgan fingerprint density at radius 3 is 2.43 bits per heavy atom. The predicted molar refractivity (Wildman–Crippen MR) is 72.1 cm³/mol. The molecular weight excluding hydrogens is 282 g/mol. The molecule has 5 nitrogen and oxygen atoms in total. The van der Waals surface area contributed by atoms with Gasteiger partial charge in [-0.15, -0.1) is 0 Å². The van der Waals surface area contributed by atoms with Gasteiger partial charge in [0.2, 0.25) is 0 Å². The molecule has 0 aliphatic heterocycles. The van der Waals surface area contributed by atoms with E-state index in [4.69, 9.17) is 10.8 Å². The number of carboxylic acids is 1. The van der Waals surface area contributed by atoms with Crippen molar-refractivity contribution in [2.75, 3.05) is 11.1 Å². The fourth-order valence-corrected chi connectivity index (χ4v) is 1.68. The minimum Gasteiger partial charge on any atom is -0.478 e. The molecule has 7 heteroatoms. The van der Waals surface area contributed by atoms with Crippen molar-refractivity contribution in [1.82, 2.24) is 0 Å². The first-order chi connectivity index (χ1) is 9.88. The maximum atomic E-state index is 13.6. The van der Waals surface area contributed by atoms with Crippen molar-refractivity contribution in [3.63, 3.8) is 0 Å². The van der Waals surface area contributed by atoms with Crippen molar-refractivity contribution < 1.29 is 23.5 Å². The van der Waals surface area contributed by atoms with Crippen LogP contribution in [-0.2, 0) is 0 Å². The van der Waals surface area contributed by atoms with Crippen molar-refractivity contribution in [2.24, 2.45) is 0 Å². The van der Waals surface area contributed by atoms with E-state index in [-0.39, 0.29) is 22.5 Å². The second-order valence-electron chi connectivity index (χ2n) is 4.19. The monoisotopic (exact) mass is 292 g/mol. The Hall–Kier alpha value is -2.96. The van der Waals surface area contributed by atoms with Gasteiger partial charge in [0.05, 0.1) is 16.8 Å². The highest BCUT2D eigenvalue weighted by Gasteiger charge is 2.14. The number of benzene rings is 2. The zero-order chi connectivity index (χ0) is 15.6. The van der Waals surface area contributed by atoms with E-state index in [1.54, 1.807) is 0 Å². The van der Waals surface area contributed by atoms with E-state index in [0.29, 0.717) is 0 Å². The summed E-state index contributed by atoms with van der Waals surface area (Å²) in [5.41, 5.74) is 4.87. The minimum atomic E-state index is -1.26. The number of aromatic carboxylic acids is 1. The summed E-state index contributed by atoms with van der Waals surface area (Å²) in [4.78, 5) is 22.8.